The minimum absolute atomic E-state index is 1.03. The summed E-state index contributed by atoms with van der Waals surface area (Å²) < 4.78 is 5.24. The first-order valence-corrected chi connectivity index (χ1v) is 5.37. The van der Waals surface area contributed by atoms with Gasteiger partial charge in [-0.05, 0) is 31.4 Å². The van der Waals surface area contributed by atoms with Gasteiger partial charge in [-0.25, -0.2) is 0 Å². The van der Waals surface area contributed by atoms with E-state index < -0.39 is 0 Å². The average molecular weight is 180 g/mol. The quantitative estimate of drug-likeness (QED) is 0.601. The van der Waals surface area contributed by atoms with E-state index in [9.17, 15) is 0 Å². The van der Waals surface area contributed by atoms with Crippen LogP contribution in [0.4, 0.5) is 0 Å². The van der Waals surface area contributed by atoms with Crippen LogP contribution in [-0.4, -0.2) is 0 Å². The Balaban J connectivity index is 2.06. The van der Waals surface area contributed by atoms with E-state index in [0.717, 1.165) is 5.76 Å². The van der Waals surface area contributed by atoms with Crippen LogP contribution >= 0.6 is 0 Å². The van der Waals surface area contributed by atoms with Crippen LogP contribution in [0.5, 0.6) is 0 Å². The molecule has 0 aliphatic carbocycles. The van der Waals surface area contributed by atoms with Crippen molar-refractivity contribution in [3.8, 4) is 0 Å². The number of unbranched alkanes of at least 4 members (excludes halogenated alkanes) is 4. The van der Waals surface area contributed by atoms with E-state index in [2.05, 4.69) is 13.0 Å². The second-order valence-corrected chi connectivity index (χ2v) is 3.73. The molecule has 1 nitrogen and oxygen atoms in total. The van der Waals surface area contributed by atoms with Crippen molar-refractivity contribution in [1.29, 1.82) is 0 Å². The van der Waals surface area contributed by atoms with Gasteiger partial charge in [0.2, 0.25) is 0 Å². The SMILES string of the molecule is CCCCCCCc1coc(C)c1. The molecule has 0 radical (unpaired) electrons. The Morgan fingerprint density at radius 1 is 1.15 bits per heavy atom. The second-order valence-electron chi connectivity index (χ2n) is 3.73. The summed E-state index contributed by atoms with van der Waals surface area (Å²) in [6, 6.07) is 2.14. The number of hydrogen-bond acceptors (Lipinski definition) is 1. The molecule has 0 atom stereocenters. The molecule has 0 spiro atoms. The first-order chi connectivity index (χ1) is 6.33. The van der Waals surface area contributed by atoms with Crippen LogP contribution in [0.1, 0.15) is 50.4 Å². The Morgan fingerprint density at radius 2 is 1.92 bits per heavy atom. The van der Waals surface area contributed by atoms with Gasteiger partial charge in [-0.2, -0.15) is 0 Å². The molecule has 0 bridgehead atoms. The van der Waals surface area contributed by atoms with Crippen molar-refractivity contribution in [3.05, 3.63) is 23.7 Å². The van der Waals surface area contributed by atoms with Gasteiger partial charge in [-0.1, -0.05) is 32.6 Å². The molecule has 0 saturated heterocycles. The van der Waals surface area contributed by atoms with Crippen molar-refractivity contribution < 1.29 is 4.42 Å². The largest absolute Gasteiger partial charge is 0.469 e. The lowest BCUT2D eigenvalue weighted by Crippen LogP contribution is -1.82. The summed E-state index contributed by atoms with van der Waals surface area (Å²) in [5.74, 6) is 1.03. The molecule has 1 heteroatoms. The van der Waals surface area contributed by atoms with E-state index in [1.54, 1.807) is 0 Å². The lowest BCUT2D eigenvalue weighted by molar-refractivity contribution is 0.530. The summed E-state index contributed by atoms with van der Waals surface area (Å²) in [6.45, 7) is 4.25. The van der Waals surface area contributed by atoms with Crippen molar-refractivity contribution in [3.63, 3.8) is 0 Å². The lowest BCUT2D eigenvalue weighted by Gasteiger charge is -1.97. The number of furan rings is 1. The molecule has 0 N–H and O–H groups in total. The summed E-state index contributed by atoms with van der Waals surface area (Å²) in [6.07, 6.45) is 9.82. The molecule has 1 aromatic heterocycles. The fourth-order valence-corrected chi connectivity index (χ4v) is 1.56. The summed E-state index contributed by atoms with van der Waals surface area (Å²) in [5, 5.41) is 0. The van der Waals surface area contributed by atoms with Gasteiger partial charge < -0.3 is 4.42 Å². The average Bonchev–Trinajstić information content (AvgIpc) is 2.51. The zero-order valence-electron chi connectivity index (χ0n) is 8.81. The van der Waals surface area contributed by atoms with Crippen molar-refractivity contribution in [2.75, 3.05) is 0 Å². The third-order valence-electron chi connectivity index (χ3n) is 2.35. The third-order valence-corrected chi connectivity index (χ3v) is 2.35. The van der Waals surface area contributed by atoms with Gasteiger partial charge in [-0.3, -0.25) is 0 Å². The van der Waals surface area contributed by atoms with E-state index in [0.29, 0.717) is 0 Å². The Morgan fingerprint density at radius 3 is 2.54 bits per heavy atom. The molecule has 0 aliphatic heterocycles. The molecule has 0 amide bonds. The Labute approximate surface area is 81.1 Å². The maximum atomic E-state index is 5.24. The Bertz CT molecular complexity index is 225. The van der Waals surface area contributed by atoms with Crippen LogP contribution in [0.2, 0.25) is 0 Å². The monoisotopic (exact) mass is 180 g/mol. The van der Waals surface area contributed by atoms with Crippen LogP contribution in [0.15, 0.2) is 16.7 Å². The maximum absolute atomic E-state index is 5.24. The molecule has 0 aromatic carbocycles. The summed E-state index contributed by atoms with van der Waals surface area (Å²) >= 11 is 0. The Kier molecular flexibility index (Phi) is 4.66. The molecular weight excluding hydrogens is 160 g/mol. The highest BCUT2D eigenvalue weighted by atomic mass is 16.3. The van der Waals surface area contributed by atoms with Crippen LogP contribution in [0, 0.1) is 6.92 Å². The van der Waals surface area contributed by atoms with E-state index in [1.807, 2.05) is 13.2 Å². The van der Waals surface area contributed by atoms with E-state index in [1.165, 1.54) is 44.1 Å². The van der Waals surface area contributed by atoms with Crippen molar-refractivity contribution in [1.82, 2.24) is 0 Å². The van der Waals surface area contributed by atoms with Gasteiger partial charge in [0.25, 0.3) is 0 Å². The number of hydrogen-bond donors (Lipinski definition) is 0. The molecular formula is C12H20O. The molecule has 1 aromatic rings. The normalized spacial score (nSPS) is 10.6. The predicted molar refractivity (Wildman–Crippen MR) is 55.9 cm³/mol. The van der Waals surface area contributed by atoms with E-state index >= 15 is 0 Å². The molecule has 1 heterocycles. The van der Waals surface area contributed by atoms with Gasteiger partial charge >= 0.3 is 0 Å². The van der Waals surface area contributed by atoms with Crippen LogP contribution in [0.25, 0.3) is 0 Å². The standard InChI is InChI=1S/C12H20O/c1-3-4-5-6-7-8-12-9-11(2)13-10-12/h9-10H,3-8H2,1-2H3. The van der Waals surface area contributed by atoms with E-state index in [-0.39, 0.29) is 0 Å². The third kappa shape index (κ3) is 4.16. The number of aryl methyl sites for hydroxylation is 2. The Hall–Kier alpha value is -0.720. The van der Waals surface area contributed by atoms with Crippen LogP contribution in [0.3, 0.4) is 0 Å². The highest BCUT2D eigenvalue weighted by molar-refractivity contribution is 5.11. The lowest BCUT2D eigenvalue weighted by atomic mass is 10.1. The first kappa shape index (κ1) is 10.4. The minimum atomic E-state index is 1.03. The maximum Gasteiger partial charge on any atom is 0.100 e. The number of rotatable bonds is 6. The van der Waals surface area contributed by atoms with Crippen LogP contribution < -0.4 is 0 Å². The van der Waals surface area contributed by atoms with Crippen molar-refractivity contribution in [2.45, 2.75) is 52.4 Å². The molecule has 0 saturated carbocycles. The molecule has 0 fully saturated rings. The summed E-state index contributed by atoms with van der Waals surface area (Å²) in [7, 11) is 0. The fraction of sp³-hybridized carbons (Fsp3) is 0.667. The van der Waals surface area contributed by atoms with Gasteiger partial charge in [0.15, 0.2) is 0 Å². The van der Waals surface area contributed by atoms with E-state index in [4.69, 9.17) is 4.42 Å². The molecule has 74 valence electrons. The summed E-state index contributed by atoms with van der Waals surface area (Å²) in [5.41, 5.74) is 1.36. The van der Waals surface area contributed by atoms with Gasteiger partial charge in [0, 0.05) is 0 Å². The summed E-state index contributed by atoms with van der Waals surface area (Å²) in [4.78, 5) is 0. The van der Waals surface area contributed by atoms with Gasteiger partial charge in [0.1, 0.15) is 5.76 Å². The molecule has 13 heavy (non-hydrogen) atoms. The topological polar surface area (TPSA) is 13.1 Å². The van der Waals surface area contributed by atoms with Gasteiger partial charge in [-0.15, -0.1) is 0 Å². The van der Waals surface area contributed by atoms with Crippen molar-refractivity contribution in [2.24, 2.45) is 0 Å². The predicted octanol–water partition coefficient (Wildman–Crippen LogP) is 4.10. The van der Waals surface area contributed by atoms with Crippen molar-refractivity contribution >= 4 is 0 Å². The highest BCUT2D eigenvalue weighted by Crippen LogP contribution is 2.11. The van der Waals surface area contributed by atoms with Crippen LogP contribution in [-0.2, 0) is 6.42 Å². The smallest absolute Gasteiger partial charge is 0.100 e. The second kappa shape index (κ2) is 5.85. The van der Waals surface area contributed by atoms with Gasteiger partial charge in [0.05, 0.1) is 6.26 Å². The fourth-order valence-electron chi connectivity index (χ4n) is 1.56. The first-order valence-electron chi connectivity index (χ1n) is 5.37. The molecule has 0 aliphatic rings. The minimum Gasteiger partial charge on any atom is -0.469 e. The molecule has 1 rings (SSSR count). The zero-order valence-corrected chi connectivity index (χ0v) is 8.81. The highest BCUT2D eigenvalue weighted by Gasteiger charge is 1.97. The molecule has 0 unspecified atom stereocenters. The zero-order chi connectivity index (χ0) is 9.52.